The van der Waals surface area contributed by atoms with Crippen LogP contribution in [0.1, 0.15) is 10.5 Å². The van der Waals surface area contributed by atoms with Gasteiger partial charge in [-0.15, -0.1) is 0 Å². The number of anilines is 1. The van der Waals surface area contributed by atoms with Gasteiger partial charge in [0.25, 0.3) is 5.91 Å². The van der Waals surface area contributed by atoms with Crippen molar-refractivity contribution in [2.45, 2.75) is 0 Å². The highest BCUT2D eigenvalue weighted by atomic mass is 79.9. The van der Waals surface area contributed by atoms with Gasteiger partial charge < -0.3 is 15.1 Å². The minimum absolute atomic E-state index is 0.0555. The summed E-state index contributed by atoms with van der Waals surface area (Å²) < 4.78 is 11.4. The molecule has 0 fully saturated rings. The molecule has 0 radical (unpaired) electrons. The number of benzene rings is 1. The molecule has 0 saturated carbocycles. The van der Waals surface area contributed by atoms with E-state index in [1.54, 1.807) is 0 Å². The fourth-order valence-corrected chi connectivity index (χ4v) is 3.44. The average molecular weight is 449 g/mol. The summed E-state index contributed by atoms with van der Waals surface area (Å²) in [5.41, 5.74) is -0.0517. The van der Waals surface area contributed by atoms with E-state index in [-0.39, 0.29) is 25.3 Å². The Bertz CT molecular complexity index is 807. The molecule has 0 bridgehead atoms. The predicted octanol–water partition coefficient (Wildman–Crippen LogP) is 3.80. The van der Waals surface area contributed by atoms with Gasteiger partial charge in [0.2, 0.25) is 0 Å². The molecule has 0 saturated heterocycles. The van der Waals surface area contributed by atoms with E-state index >= 15 is 0 Å². The van der Waals surface area contributed by atoms with Gasteiger partial charge in [-0.25, -0.2) is 4.57 Å². The van der Waals surface area contributed by atoms with Gasteiger partial charge in [-0.1, -0.05) is 34.8 Å². The molecule has 0 aliphatic heterocycles. The van der Waals surface area contributed by atoms with Crippen molar-refractivity contribution in [3.05, 3.63) is 43.6 Å². The Hall–Kier alpha value is -0.600. The fourth-order valence-electron chi connectivity index (χ4n) is 1.46. The molecule has 1 amide bonds. The Morgan fingerprint density at radius 2 is 1.95 bits per heavy atom. The van der Waals surface area contributed by atoms with E-state index in [2.05, 4.69) is 26.3 Å². The van der Waals surface area contributed by atoms with E-state index in [1.165, 1.54) is 18.2 Å². The second-order valence-corrected chi connectivity index (χ2v) is 7.33. The third-order valence-corrected chi connectivity index (χ3v) is 5.18. The first kappa shape index (κ1) is 17.7. The number of nitrogens with one attached hydrogen (secondary N) is 1. The largest absolute Gasteiger partial charge is 0.451 e. The standard InChI is InChI=1S/C10H6BrCl3N3O4P/c11-7-8(16-17(9(7)14)22(19,20)21)10(18)15-6-2-1-4(12)3-5(6)13/h1-3H,(H,15,18)(H2,19,20,21). The third kappa shape index (κ3) is 3.65. The van der Waals surface area contributed by atoms with E-state index in [9.17, 15) is 9.36 Å². The van der Waals surface area contributed by atoms with Gasteiger partial charge in [-0.05, 0) is 34.1 Å². The van der Waals surface area contributed by atoms with Crippen LogP contribution >= 0.6 is 58.5 Å². The number of aromatic nitrogens is 2. The zero-order valence-electron chi connectivity index (χ0n) is 10.3. The number of nitrogens with zero attached hydrogens (tertiary/aromatic N) is 2. The van der Waals surface area contributed by atoms with Crippen LogP contribution < -0.4 is 5.32 Å². The Labute approximate surface area is 147 Å². The Kier molecular flexibility index (Phi) is 5.23. The highest BCUT2D eigenvalue weighted by Gasteiger charge is 2.29. The summed E-state index contributed by atoms with van der Waals surface area (Å²) in [5.74, 6) is -0.759. The van der Waals surface area contributed by atoms with Crippen molar-refractivity contribution in [2.24, 2.45) is 0 Å². The summed E-state index contributed by atoms with van der Waals surface area (Å²) in [7, 11) is -4.78. The molecule has 2 aromatic rings. The molecule has 3 N–H and O–H groups in total. The van der Waals surface area contributed by atoms with Crippen molar-refractivity contribution >= 4 is 70.1 Å². The molecule has 1 aromatic carbocycles. The molecule has 0 atom stereocenters. The minimum atomic E-state index is -4.78. The molecule has 7 nitrogen and oxygen atoms in total. The van der Waals surface area contributed by atoms with Gasteiger partial charge >= 0.3 is 7.75 Å². The smallest absolute Gasteiger partial charge is 0.319 e. The van der Waals surface area contributed by atoms with Crippen molar-refractivity contribution in [1.29, 1.82) is 0 Å². The molecule has 2 rings (SSSR count). The van der Waals surface area contributed by atoms with Gasteiger partial charge in [0.15, 0.2) is 10.8 Å². The molecule has 1 heterocycles. The van der Waals surface area contributed by atoms with Crippen LogP contribution in [0.4, 0.5) is 5.69 Å². The molecule has 22 heavy (non-hydrogen) atoms. The van der Waals surface area contributed by atoms with Gasteiger partial charge in [0, 0.05) is 5.02 Å². The van der Waals surface area contributed by atoms with Crippen LogP contribution in [0.5, 0.6) is 0 Å². The Balaban J connectivity index is 2.36. The summed E-state index contributed by atoms with van der Waals surface area (Å²) in [4.78, 5) is 30.3. The molecule has 0 aliphatic carbocycles. The number of carbonyl (C=O) groups excluding carboxylic acids is 1. The average Bonchev–Trinajstić information content (AvgIpc) is 2.69. The maximum absolute atomic E-state index is 12.1. The quantitative estimate of drug-likeness (QED) is 0.619. The van der Waals surface area contributed by atoms with Crippen molar-refractivity contribution in [2.75, 3.05) is 5.32 Å². The van der Waals surface area contributed by atoms with E-state index in [1.807, 2.05) is 0 Å². The molecule has 118 valence electrons. The van der Waals surface area contributed by atoms with Crippen LogP contribution in [-0.2, 0) is 4.57 Å². The van der Waals surface area contributed by atoms with Gasteiger partial charge in [0.1, 0.15) is 0 Å². The molecule has 0 spiro atoms. The van der Waals surface area contributed by atoms with Crippen molar-refractivity contribution in [3.8, 4) is 0 Å². The third-order valence-electron chi connectivity index (χ3n) is 2.40. The van der Waals surface area contributed by atoms with Crippen LogP contribution in [-0.4, -0.2) is 25.2 Å². The SMILES string of the molecule is O=C(Nc1ccc(Cl)cc1Cl)c1nn(P(=O)(O)O)c(Cl)c1Br. The second kappa shape index (κ2) is 6.49. The maximum atomic E-state index is 12.1. The monoisotopic (exact) mass is 447 g/mol. The first-order valence-electron chi connectivity index (χ1n) is 5.38. The summed E-state index contributed by atoms with van der Waals surface area (Å²) in [5, 5.41) is 6.13. The lowest BCUT2D eigenvalue weighted by atomic mass is 10.3. The second-order valence-electron chi connectivity index (χ2n) is 3.93. The molecular weight excluding hydrogens is 443 g/mol. The topological polar surface area (TPSA) is 104 Å². The van der Waals surface area contributed by atoms with E-state index < -0.39 is 18.8 Å². The van der Waals surface area contributed by atoms with Crippen LogP contribution in [0.15, 0.2) is 22.7 Å². The zero-order valence-corrected chi connectivity index (χ0v) is 15.0. The van der Waals surface area contributed by atoms with Gasteiger partial charge in [-0.3, -0.25) is 4.79 Å². The summed E-state index contributed by atoms with van der Waals surface area (Å²) in [6, 6.07) is 4.41. The van der Waals surface area contributed by atoms with Crippen LogP contribution in [0.3, 0.4) is 0 Å². The zero-order chi connectivity index (χ0) is 16.7. The Morgan fingerprint density at radius 1 is 1.32 bits per heavy atom. The first-order chi connectivity index (χ1) is 10.1. The lowest BCUT2D eigenvalue weighted by molar-refractivity contribution is 0.102. The van der Waals surface area contributed by atoms with Crippen molar-refractivity contribution in [3.63, 3.8) is 0 Å². The number of hydrogen-bond donors (Lipinski definition) is 3. The van der Waals surface area contributed by atoms with Crippen LogP contribution in [0, 0.1) is 0 Å². The van der Waals surface area contributed by atoms with Crippen LogP contribution in [0.25, 0.3) is 0 Å². The highest BCUT2D eigenvalue weighted by Crippen LogP contribution is 2.42. The molecular formula is C10H6BrCl3N3O4P. The number of amides is 1. The highest BCUT2D eigenvalue weighted by molar-refractivity contribution is 9.10. The molecule has 1 aromatic heterocycles. The van der Waals surface area contributed by atoms with E-state index in [0.717, 1.165) is 0 Å². The summed E-state index contributed by atoms with van der Waals surface area (Å²) in [6.45, 7) is 0. The maximum Gasteiger partial charge on any atom is 0.451 e. The number of carbonyl (C=O) groups is 1. The first-order valence-corrected chi connectivity index (χ1v) is 8.87. The number of hydrogen-bond acceptors (Lipinski definition) is 3. The Morgan fingerprint density at radius 3 is 2.45 bits per heavy atom. The fraction of sp³-hybridized carbons (Fsp3) is 0. The minimum Gasteiger partial charge on any atom is -0.319 e. The molecule has 12 heteroatoms. The number of halogens is 4. The number of rotatable bonds is 3. The summed E-state index contributed by atoms with van der Waals surface area (Å²) in [6.07, 6.45) is 0. The van der Waals surface area contributed by atoms with Crippen molar-refractivity contribution in [1.82, 2.24) is 9.55 Å². The summed E-state index contributed by atoms with van der Waals surface area (Å²) >= 11 is 20.4. The van der Waals surface area contributed by atoms with Gasteiger partial charge in [-0.2, -0.15) is 9.55 Å². The van der Waals surface area contributed by atoms with E-state index in [4.69, 9.17) is 44.6 Å². The van der Waals surface area contributed by atoms with E-state index in [0.29, 0.717) is 5.02 Å². The molecule has 0 aliphatic rings. The predicted molar refractivity (Wildman–Crippen MR) is 86.8 cm³/mol. The lowest BCUT2D eigenvalue weighted by Gasteiger charge is -2.06. The molecule has 0 unspecified atom stereocenters. The van der Waals surface area contributed by atoms with Crippen molar-refractivity contribution < 1.29 is 19.1 Å². The van der Waals surface area contributed by atoms with Gasteiger partial charge in [0.05, 0.1) is 15.2 Å². The van der Waals surface area contributed by atoms with Crippen LogP contribution in [0.2, 0.25) is 15.2 Å². The normalized spacial score (nSPS) is 11.5. The lowest BCUT2D eigenvalue weighted by Crippen LogP contribution is -2.14.